The maximum atomic E-state index is 3.80. The van der Waals surface area contributed by atoms with Crippen molar-refractivity contribution in [2.24, 2.45) is 5.92 Å². The van der Waals surface area contributed by atoms with Crippen LogP contribution in [-0.4, -0.2) is 12.6 Å². The van der Waals surface area contributed by atoms with Gasteiger partial charge in [-0.25, -0.2) is 0 Å². The molecule has 1 heteroatoms. The normalized spacial score (nSPS) is 19.0. The zero-order valence-electron chi connectivity index (χ0n) is 14.3. The highest BCUT2D eigenvalue weighted by molar-refractivity contribution is 5.31. The van der Waals surface area contributed by atoms with Crippen molar-refractivity contribution >= 4 is 0 Å². The van der Waals surface area contributed by atoms with Crippen molar-refractivity contribution in [2.75, 3.05) is 6.54 Å². The highest BCUT2D eigenvalue weighted by atomic mass is 14.9. The summed E-state index contributed by atoms with van der Waals surface area (Å²) in [6.07, 6.45) is 11.2. The molecule has 1 nitrogen and oxygen atoms in total. The SMILES string of the molecule is CCNC(Cc1cc(C)ccc1C)C1CCCCCCC1. The van der Waals surface area contributed by atoms with Crippen LogP contribution in [0.2, 0.25) is 0 Å². The standard InChI is InChI=1S/C20H33N/c1-4-21-20(18-10-8-6-5-7-9-11-18)15-19-14-16(2)12-13-17(19)3/h12-14,18,20-21H,4-11,15H2,1-3H3. The van der Waals surface area contributed by atoms with Gasteiger partial charge in [0.2, 0.25) is 0 Å². The summed E-state index contributed by atoms with van der Waals surface area (Å²) in [4.78, 5) is 0. The molecule has 0 bridgehead atoms. The van der Waals surface area contributed by atoms with Crippen LogP contribution < -0.4 is 5.32 Å². The highest BCUT2D eigenvalue weighted by Gasteiger charge is 2.22. The minimum atomic E-state index is 0.661. The molecule has 1 N–H and O–H groups in total. The Morgan fingerprint density at radius 3 is 2.38 bits per heavy atom. The van der Waals surface area contributed by atoms with Gasteiger partial charge in [0.1, 0.15) is 0 Å². The van der Waals surface area contributed by atoms with Crippen molar-refractivity contribution in [2.45, 2.75) is 78.2 Å². The topological polar surface area (TPSA) is 12.0 Å². The molecule has 1 aliphatic carbocycles. The molecule has 1 aromatic rings. The van der Waals surface area contributed by atoms with Gasteiger partial charge in [0.15, 0.2) is 0 Å². The third-order valence-electron chi connectivity index (χ3n) is 5.13. The Morgan fingerprint density at radius 2 is 1.71 bits per heavy atom. The number of benzene rings is 1. The first-order chi connectivity index (χ1) is 10.2. The molecule has 21 heavy (non-hydrogen) atoms. The second-order valence-corrected chi connectivity index (χ2v) is 6.90. The number of rotatable bonds is 5. The summed E-state index contributed by atoms with van der Waals surface area (Å²) in [6.45, 7) is 7.81. The summed E-state index contributed by atoms with van der Waals surface area (Å²) in [7, 11) is 0. The summed E-state index contributed by atoms with van der Waals surface area (Å²) in [5.74, 6) is 0.866. The molecule has 0 spiro atoms. The molecule has 2 rings (SSSR count). The predicted octanol–water partition coefficient (Wildman–Crippen LogP) is 5.18. The van der Waals surface area contributed by atoms with Crippen molar-refractivity contribution in [3.05, 3.63) is 34.9 Å². The maximum absolute atomic E-state index is 3.80. The highest BCUT2D eigenvalue weighted by Crippen LogP contribution is 2.27. The van der Waals surface area contributed by atoms with E-state index in [1.54, 1.807) is 5.56 Å². The number of hydrogen-bond donors (Lipinski definition) is 1. The molecular weight excluding hydrogens is 254 g/mol. The van der Waals surface area contributed by atoms with Crippen molar-refractivity contribution in [3.63, 3.8) is 0 Å². The van der Waals surface area contributed by atoms with Crippen molar-refractivity contribution < 1.29 is 0 Å². The Balaban J connectivity index is 2.07. The summed E-state index contributed by atoms with van der Waals surface area (Å²) in [6, 6.07) is 7.57. The van der Waals surface area contributed by atoms with E-state index in [-0.39, 0.29) is 0 Å². The first-order valence-electron chi connectivity index (χ1n) is 9.00. The van der Waals surface area contributed by atoms with Gasteiger partial charge in [-0.05, 0) is 56.7 Å². The van der Waals surface area contributed by atoms with Crippen LogP contribution in [0.5, 0.6) is 0 Å². The molecule has 0 aliphatic heterocycles. The monoisotopic (exact) mass is 287 g/mol. The fraction of sp³-hybridized carbons (Fsp3) is 0.700. The zero-order valence-corrected chi connectivity index (χ0v) is 14.3. The Morgan fingerprint density at radius 1 is 1.05 bits per heavy atom. The van der Waals surface area contributed by atoms with Crippen molar-refractivity contribution in [3.8, 4) is 0 Å². The fourth-order valence-corrected chi connectivity index (χ4v) is 3.81. The van der Waals surface area contributed by atoms with Gasteiger partial charge in [-0.1, -0.05) is 62.8 Å². The second kappa shape index (κ2) is 8.58. The molecule has 1 aromatic carbocycles. The Kier molecular flexibility index (Phi) is 6.76. The van der Waals surface area contributed by atoms with E-state index in [2.05, 4.69) is 44.3 Å². The lowest BCUT2D eigenvalue weighted by molar-refractivity contribution is 0.286. The summed E-state index contributed by atoms with van der Waals surface area (Å²) in [5.41, 5.74) is 4.39. The van der Waals surface area contributed by atoms with Crippen LogP contribution in [0.15, 0.2) is 18.2 Å². The minimum absolute atomic E-state index is 0.661. The average molecular weight is 287 g/mol. The average Bonchev–Trinajstić information content (AvgIpc) is 2.42. The zero-order chi connectivity index (χ0) is 15.1. The smallest absolute Gasteiger partial charge is 0.0136 e. The van der Waals surface area contributed by atoms with Gasteiger partial charge >= 0.3 is 0 Å². The van der Waals surface area contributed by atoms with Gasteiger partial charge in [0.25, 0.3) is 0 Å². The quantitative estimate of drug-likeness (QED) is 0.786. The summed E-state index contributed by atoms with van der Waals surface area (Å²) >= 11 is 0. The molecule has 1 saturated carbocycles. The van der Waals surface area contributed by atoms with Crippen molar-refractivity contribution in [1.82, 2.24) is 5.32 Å². The Bertz CT molecular complexity index is 416. The molecule has 1 aliphatic rings. The van der Waals surface area contributed by atoms with Crippen molar-refractivity contribution in [1.29, 1.82) is 0 Å². The van der Waals surface area contributed by atoms with Gasteiger partial charge < -0.3 is 5.32 Å². The lowest BCUT2D eigenvalue weighted by Crippen LogP contribution is -2.38. The van der Waals surface area contributed by atoms with E-state index in [0.29, 0.717) is 6.04 Å². The van der Waals surface area contributed by atoms with E-state index in [1.165, 1.54) is 62.5 Å². The molecule has 1 fully saturated rings. The van der Waals surface area contributed by atoms with Crippen LogP contribution in [-0.2, 0) is 6.42 Å². The lowest BCUT2D eigenvalue weighted by Gasteiger charge is -2.30. The van der Waals surface area contributed by atoms with Crippen LogP contribution in [0.4, 0.5) is 0 Å². The largest absolute Gasteiger partial charge is 0.314 e. The first-order valence-corrected chi connectivity index (χ1v) is 9.00. The fourth-order valence-electron chi connectivity index (χ4n) is 3.81. The van der Waals surface area contributed by atoms with Gasteiger partial charge in [0.05, 0.1) is 0 Å². The molecular formula is C20H33N. The van der Waals surface area contributed by atoms with E-state index in [4.69, 9.17) is 0 Å². The summed E-state index contributed by atoms with van der Waals surface area (Å²) < 4.78 is 0. The third kappa shape index (κ3) is 5.14. The van der Waals surface area contributed by atoms with Crippen LogP contribution in [0, 0.1) is 19.8 Å². The number of aryl methyl sites for hydroxylation is 2. The summed E-state index contributed by atoms with van der Waals surface area (Å²) in [5, 5.41) is 3.80. The molecule has 1 atom stereocenters. The molecule has 0 radical (unpaired) electrons. The molecule has 0 saturated heterocycles. The first kappa shape index (κ1) is 16.5. The van der Waals surface area contributed by atoms with Crippen LogP contribution in [0.3, 0.4) is 0 Å². The molecule has 118 valence electrons. The van der Waals surface area contributed by atoms with E-state index in [9.17, 15) is 0 Å². The van der Waals surface area contributed by atoms with Crippen LogP contribution in [0.1, 0.15) is 68.6 Å². The predicted molar refractivity (Wildman–Crippen MR) is 92.9 cm³/mol. The maximum Gasteiger partial charge on any atom is 0.0136 e. The lowest BCUT2D eigenvalue weighted by atomic mass is 9.82. The molecule has 0 amide bonds. The molecule has 0 aromatic heterocycles. The second-order valence-electron chi connectivity index (χ2n) is 6.90. The van der Waals surface area contributed by atoms with E-state index in [0.717, 1.165) is 12.5 Å². The van der Waals surface area contributed by atoms with Gasteiger partial charge in [0, 0.05) is 6.04 Å². The Hall–Kier alpha value is -0.820. The van der Waals surface area contributed by atoms with E-state index in [1.807, 2.05) is 0 Å². The molecule has 1 unspecified atom stereocenters. The Labute approximate surface area is 131 Å². The molecule has 0 heterocycles. The van der Waals surface area contributed by atoms with Gasteiger partial charge in [-0.3, -0.25) is 0 Å². The number of nitrogens with one attached hydrogen (secondary N) is 1. The van der Waals surface area contributed by atoms with Gasteiger partial charge in [-0.2, -0.15) is 0 Å². The van der Waals surface area contributed by atoms with E-state index < -0.39 is 0 Å². The number of likely N-dealkylation sites (N-methyl/N-ethyl adjacent to an activating group) is 1. The number of hydrogen-bond acceptors (Lipinski definition) is 1. The minimum Gasteiger partial charge on any atom is -0.314 e. The van der Waals surface area contributed by atoms with Crippen LogP contribution in [0.25, 0.3) is 0 Å². The van der Waals surface area contributed by atoms with E-state index >= 15 is 0 Å². The van der Waals surface area contributed by atoms with Crippen LogP contribution >= 0.6 is 0 Å². The third-order valence-corrected chi connectivity index (χ3v) is 5.13. The van der Waals surface area contributed by atoms with Gasteiger partial charge in [-0.15, -0.1) is 0 Å².